The van der Waals surface area contributed by atoms with Crippen LogP contribution in [0.3, 0.4) is 0 Å². The summed E-state index contributed by atoms with van der Waals surface area (Å²) < 4.78 is 1.20. The van der Waals surface area contributed by atoms with Crippen LogP contribution < -0.4 is 10.9 Å². The molecule has 0 aliphatic carbocycles. The van der Waals surface area contributed by atoms with E-state index in [9.17, 15) is 4.79 Å². The molecular formula is C11H9Cl2N3O. The van der Waals surface area contributed by atoms with Crippen LogP contribution in [0.15, 0.2) is 35.3 Å². The van der Waals surface area contributed by atoms with Crippen molar-refractivity contribution in [3.8, 4) is 5.69 Å². The van der Waals surface area contributed by atoms with Crippen molar-refractivity contribution in [1.29, 1.82) is 0 Å². The van der Waals surface area contributed by atoms with E-state index in [1.165, 1.54) is 10.7 Å². The van der Waals surface area contributed by atoms with Crippen molar-refractivity contribution in [3.63, 3.8) is 0 Å². The van der Waals surface area contributed by atoms with Crippen LogP contribution in [-0.4, -0.2) is 16.8 Å². The Morgan fingerprint density at radius 3 is 2.71 bits per heavy atom. The van der Waals surface area contributed by atoms with Crippen molar-refractivity contribution in [2.75, 3.05) is 12.4 Å². The Morgan fingerprint density at radius 1 is 1.29 bits per heavy atom. The third-order valence-corrected chi connectivity index (χ3v) is 2.78. The maximum absolute atomic E-state index is 11.8. The molecule has 0 atom stereocenters. The quantitative estimate of drug-likeness (QED) is 0.912. The molecule has 0 amide bonds. The van der Waals surface area contributed by atoms with Crippen molar-refractivity contribution >= 4 is 28.9 Å². The van der Waals surface area contributed by atoms with Gasteiger partial charge in [0.05, 0.1) is 22.6 Å². The van der Waals surface area contributed by atoms with Gasteiger partial charge in [0.1, 0.15) is 0 Å². The Kier molecular flexibility index (Phi) is 3.36. The van der Waals surface area contributed by atoms with Crippen LogP contribution in [0.1, 0.15) is 0 Å². The third kappa shape index (κ3) is 2.43. The van der Waals surface area contributed by atoms with E-state index >= 15 is 0 Å². The largest absolute Gasteiger partial charge is 0.387 e. The minimum absolute atomic E-state index is 0.277. The standard InChI is InChI=1S/C11H9Cl2N3O/c1-14-8-5-11(17)16(15-6-8)10-4-7(12)2-3-9(10)13/h2-6,14H,1H3. The normalized spacial score (nSPS) is 10.3. The average molecular weight is 270 g/mol. The Bertz CT molecular complexity index is 610. The highest BCUT2D eigenvalue weighted by molar-refractivity contribution is 6.34. The number of hydrogen-bond acceptors (Lipinski definition) is 3. The smallest absolute Gasteiger partial charge is 0.273 e. The number of benzene rings is 1. The first-order chi connectivity index (χ1) is 8.11. The SMILES string of the molecule is CNc1cnn(-c2cc(Cl)ccc2Cl)c(=O)c1. The molecule has 0 aliphatic rings. The Morgan fingerprint density at radius 2 is 2.06 bits per heavy atom. The molecule has 0 bridgehead atoms. The first-order valence-electron chi connectivity index (χ1n) is 4.84. The van der Waals surface area contributed by atoms with Gasteiger partial charge in [0, 0.05) is 18.1 Å². The van der Waals surface area contributed by atoms with Gasteiger partial charge in [-0.05, 0) is 18.2 Å². The molecule has 1 aromatic carbocycles. The van der Waals surface area contributed by atoms with E-state index in [4.69, 9.17) is 23.2 Å². The van der Waals surface area contributed by atoms with Gasteiger partial charge in [0.25, 0.3) is 5.56 Å². The number of hydrogen-bond donors (Lipinski definition) is 1. The molecule has 88 valence electrons. The summed E-state index contributed by atoms with van der Waals surface area (Å²) in [4.78, 5) is 11.8. The number of halogens is 2. The molecule has 2 rings (SSSR count). The van der Waals surface area contributed by atoms with Gasteiger partial charge in [-0.2, -0.15) is 9.78 Å². The van der Waals surface area contributed by atoms with Gasteiger partial charge >= 0.3 is 0 Å². The summed E-state index contributed by atoms with van der Waals surface area (Å²) in [6.45, 7) is 0. The maximum Gasteiger partial charge on any atom is 0.273 e. The van der Waals surface area contributed by atoms with Gasteiger partial charge in [0.15, 0.2) is 0 Å². The van der Waals surface area contributed by atoms with Gasteiger partial charge in [-0.25, -0.2) is 0 Å². The predicted octanol–water partition coefficient (Wildman–Crippen LogP) is 2.58. The zero-order valence-electron chi connectivity index (χ0n) is 8.95. The lowest BCUT2D eigenvalue weighted by Crippen LogP contribution is -2.20. The molecule has 1 heterocycles. The van der Waals surface area contributed by atoms with Gasteiger partial charge in [-0.15, -0.1) is 0 Å². The fourth-order valence-electron chi connectivity index (χ4n) is 1.37. The van der Waals surface area contributed by atoms with E-state index < -0.39 is 0 Å². The summed E-state index contributed by atoms with van der Waals surface area (Å²) in [5.41, 5.74) is 0.831. The first kappa shape index (κ1) is 12.0. The summed E-state index contributed by atoms with van der Waals surface area (Å²) in [5, 5.41) is 7.77. The van der Waals surface area contributed by atoms with Crippen LogP contribution in [-0.2, 0) is 0 Å². The zero-order chi connectivity index (χ0) is 12.4. The van der Waals surface area contributed by atoms with Crippen LogP contribution in [0.5, 0.6) is 0 Å². The Hall–Kier alpha value is -1.52. The molecule has 1 N–H and O–H groups in total. The van der Waals surface area contributed by atoms with Crippen LogP contribution in [0.25, 0.3) is 5.69 Å². The Balaban J connectivity index is 2.61. The second-order valence-corrected chi connectivity index (χ2v) is 4.18. The summed E-state index contributed by atoms with van der Waals surface area (Å²) in [7, 11) is 1.72. The van der Waals surface area contributed by atoms with Crippen molar-refractivity contribution in [3.05, 3.63) is 50.9 Å². The fraction of sp³-hybridized carbons (Fsp3) is 0.0909. The molecule has 0 fully saturated rings. The van der Waals surface area contributed by atoms with Crippen molar-refractivity contribution < 1.29 is 0 Å². The maximum atomic E-state index is 11.8. The van der Waals surface area contributed by atoms with Gasteiger partial charge < -0.3 is 5.32 Å². The average Bonchev–Trinajstić information content (AvgIpc) is 2.32. The molecule has 17 heavy (non-hydrogen) atoms. The predicted molar refractivity (Wildman–Crippen MR) is 69.4 cm³/mol. The van der Waals surface area contributed by atoms with E-state index in [0.717, 1.165) is 0 Å². The number of aromatic nitrogens is 2. The van der Waals surface area contributed by atoms with Crippen LogP contribution >= 0.6 is 23.2 Å². The fourth-order valence-corrected chi connectivity index (χ4v) is 1.74. The monoisotopic (exact) mass is 269 g/mol. The van der Waals surface area contributed by atoms with Crippen molar-refractivity contribution in [1.82, 2.24) is 9.78 Å². The van der Waals surface area contributed by atoms with Crippen LogP contribution in [0, 0.1) is 0 Å². The van der Waals surface area contributed by atoms with Gasteiger partial charge in [-0.3, -0.25) is 4.79 Å². The van der Waals surface area contributed by atoms with E-state index in [1.54, 1.807) is 31.4 Å². The molecule has 1 aromatic heterocycles. The summed E-state index contributed by atoms with van der Waals surface area (Å²) in [6.07, 6.45) is 1.54. The molecule has 4 nitrogen and oxygen atoms in total. The summed E-state index contributed by atoms with van der Waals surface area (Å²) >= 11 is 11.9. The number of anilines is 1. The second-order valence-electron chi connectivity index (χ2n) is 3.34. The molecular weight excluding hydrogens is 261 g/mol. The second kappa shape index (κ2) is 4.77. The minimum Gasteiger partial charge on any atom is -0.387 e. The summed E-state index contributed by atoms with van der Waals surface area (Å²) in [6, 6.07) is 6.31. The number of nitrogens with one attached hydrogen (secondary N) is 1. The molecule has 0 saturated carbocycles. The van der Waals surface area contributed by atoms with E-state index in [2.05, 4.69) is 10.4 Å². The van der Waals surface area contributed by atoms with Crippen LogP contribution in [0.2, 0.25) is 10.0 Å². The molecule has 2 aromatic rings. The van der Waals surface area contributed by atoms with E-state index in [0.29, 0.717) is 21.4 Å². The van der Waals surface area contributed by atoms with E-state index in [-0.39, 0.29) is 5.56 Å². The minimum atomic E-state index is -0.277. The Labute approximate surface area is 108 Å². The summed E-state index contributed by atoms with van der Waals surface area (Å²) in [5.74, 6) is 0. The number of nitrogens with zero attached hydrogens (tertiary/aromatic N) is 2. The molecule has 0 unspecified atom stereocenters. The zero-order valence-corrected chi connectivity index (χ0v) is 10.5. The molecule has 0 spiro atoms. The lowest BCUT2D eigenvalue weighted by molar-refractivity contribution is 0.808. The lowest BCUT2D eigenvalue weighted by Gasteiger charge is -2.07. The third-order valence-electron chi connectivity index (χ3n) is 2.23. The van der Waals surface area contributed by atoms with Crippen molar-refractivity contribution in [2.24, 2.45) is 0 Å². The molecule has 0 aliphatic heterocycles. The lowest BCUT2D eigenvalue weighted by atomic mass is 10.3. The first-order valence-corrected chi connectivity index (χ1v) is 5.60. The highest BCUT2D eigenvalue weighted by Crippen LogP contribution is 2.22. The molecule has 6 heteroatoms. The van der Waals surface area contributed by atoms with Gasteiger partial charge in [0.2, 0.25) is 0 Å². The van der Waals surface area contributed by atoms with Gasteiger partial charge in [-0.1, -0.05) is 23.2 Å². The molecule has 0 saturated heterocycles. The topological polar surface area (TPSA) is 46.9 Å². The highest BCUT2D eigenvalue weighted by Gasteiger charge is 2.07. The highest BCUT2D eigenvalue weighted by atomic mass is 35.5. The van der Waals surface area contributed by atoms with Crippen LogP contribution in [0.4, 0.5) is 5.69 Å². The van der Waals surface area contributed by atoms with E-state index in [1.807, 2.05) is 0 Å². The number of rotatable bonds is 2. The molecule has 0 radical (unpaired) electrons. The van der Waals surface area contributed by atoms with Crippen molar-refractivity contribution in [2.45, 2.75) is 0 Å².